The Morgan fingerprint density at radius 2 is 2.36 bits per heavy atom. The molecule has 0 unspecified atom stereocenters. The Kier molecular flexibility index (Phi) is 1.56. The molecule has 11 heavy (non-hydrogen) atoms. The quantitative estimate of drug-likeness (QED) is 0.725. The molecule has 2 aromatic rings. The van der Waals surface area contributed by atoms with Crippen LogP contribution >= 0.6 is 22.6 Å². The minimum absolute atomic E-state index is 0.197. The maximum atomic E-state index is 13.2. The van der Waals surface area contributed by atoms with Crippen LogP contribution in [0.5, 0.6) is 0 Å². The van der Waals surface area contributed by atoms with Gasteiger partial charge in [0.2, 0.25) is 0 Å². The summed E-state index contributed by atoms with van der Waals surface area (Å²) in [6.07, 6.45) is 3.19. The molecule has 0 aliphatic rings. The van der Waals surface area contributed by atoms with Gasteiger partial charge in [0.15, 0.2) is 0 Å². The second kappa shape index (κ2) is 2.44. The molecule has 0 atom stereocenters. The second-order valence-corrected chi connectivity index (χ2v) is 3.32. The molecule has 0 bridgehead atoms. The average Bonchev–Trinajstić information content (AvgIpc) is 2.45. The summed E-state index contributed by atoms with van der Waals surface area (Å²) in [5.74, 6) is -0.197. The van der Waals surface area contributed by atoms with Gasteiger partial charge < -0.3 is 4.98 Å². The normalized spacial score (nSPS) is 10.7. The first-order chi connectivity index (χ1) is 5.29. The number of aromatic amines is 1. The zero-order valence-corrected chi connectivity index (χ0v) is 7.59. The topological polar surface area (TPSA) is 28.7 Å². The number of aromatic nitrogens is 2. The van der Waals surface area contributed by atoms with Crippen molar-refractivity contribution in [3.63, 3.8) is 0 Å². The highest BCUT2D eigenvalue weighted by Gasteiger charge is 2.05. The molecule has 0 aliphatic carbocycles. The van der Waals surface area contributed by atoms with E-state index in [9.17, 15) is 4.39 Å². The fourth-order valence-corrected chi connectivity index (χ4v) is 1.38. The van der Waals surface area contributed by atoms with Crippen molar-refractivity contribution in [3.05, 3.63) is 27.8 Å². The van der Waals surface area contributed by atoms with E-state index in [-0.39, 0.29) is 5.82 Å². The van der Waals surface area contributed by atoms with Crippen LogP contribution in [0.1, 0.15) is 0 Å². The number of hydrogen-bond donors (Lipinski definition) is 1. The Morgan fingerprint density at radius 3 is 3.18 bits per heavy atom. The fraction of sp³-hybridized carbons (Fsp3) is 0. The molecule has 2 aromatic heterocycles. The molecule has 1 N–H and O–H groups in total. The maximum Gasteiger partial charge on any atom is 0.149 e. The lowest BCUT2D eigenvalue weighted by Crippen LogP contribution is -1.85. The van der Waals surface area contributed by atoms with Gasteiger partial charge in [-0.2, -0.15) is 0 Å². The van der Waals surface area contributed by atoms with E-state index in [4.69, 9.17) is 0 Å². The molecule has 0 fully saturated rings. The van der Waals surface area contributed by atoms with Crippen LogP contribution in [0.2, 0.25) is 0 Å². The minimum Gasteiger partial charge on any atom is -0.346 e. The van der Waals surface area contributed by atoms with Crippen LogP contribution < -0.4 is 0 Å². The van der Waals surface area contributed by atoms with Crippen molar-refractivity contribution in [2.24, 2.45) is 0 Å². The second-order valence-electron chi connectivity index (χ2n) is 2.16. The maximum absolute atomic E-state index is 13.2. The molecule has 56 valence electrons. The number of fused-ring (bicyclic) bond motifs is 1. The Morgan fingerprint density at radius 1 is 1.55 bits per heavy atom. The highest BCUT2D eigenvalue weighted by Crippen LogP contribution is 2.18. The third-order valence-electron chi connectivity index (χ3n) is 1.48. The van der Waals surface area contributed by atoms with Crippen molar-refractivity contribution in [1.29, 1.82) is 0 Å². The Balaban J connectivity index is 2.93. The zero-order chi connectivity index (χ0) is 7.84. The van der Waals surface area contributed by atoms with Crippen molar-refractivity contribution in [2.75, 3.05) is 0 Å². The SMILES string of the molecule is Fc1c(I)cnc2[nH]ccc12. The highest BCUT2D eigenvalue weighted by atomic mass is 127. The number of nitrogens with one attached hydrogen (secondary N) is 1. The molecule has 0 radical (unpaired) electrons. The summed E-state index contributed by atoms with van der Waals surface area (Å²) in [5, 5.41) is 0.553. The van der Waals surface area contributed by atoms with E-state index in [0.717, 1.165) is 0 Å². The molecule has 0 saturated heterocycles. The molecule has 2 nitrogen and oxygen atoms in total. The van der Waals surface area contributed by atoms with E-state index in [1.807, 2.05) is 22.6 Å². The summed E-state index contributed by atoms with van der Waals surface area (Å²) in [5.41, 5.74) is 0.600. The number of halogens is 2. The third kappa shape index (κ3) is 1.01. The van der Waals surface area contributed by atoms with Gasteiger partial charge in [-0.15, -0.1) is 0 Å². The van der Waals surface area contributed by atoms with Crippen LogP contribution in [0, 0.1) is 9.39 Å². The van der Waals surface area contributed by atoms with E-state index in [1.165, 1.54) is 6.20 Å². The molecule has 2 rings (SSSR count). The Labute approximate surface area is 76.0 Å². The molecule has 2 heterocycles. The standard InChI is InChI=1S/C7H4FIN2/c8-6-4-1-2-10-7(4)11-3-5(6)9/h1-3H,(H,10,11). The van der Waals surface area contributed by atoms with Gasteiger partial charge in [-0.25, -0.2) is 9.37 Å². The van der Waals surface area contributed by atoms with Gasteiger partial charge in [0.05, 0.1) is 8.96 Å². The van der Waals surface area contributed by atoms with Gasteiger partial charge in [-0.3, -0.25) is 0 Å². The third-order valence-corrected chi connectivity index (χ3v) is 2.23. The van der Waals surface area contributed by atoms with Gasteiger partial charge in [-0.05, 0) is 28.7 Å². The molecule has 0 amide bonds. The van der Waals surface area contributed by atoms with Crippen molar-refractivity contribution >= 4 is 33.6 Å². The molecular weight excluding hydrogens is 258 g/mol. The molecule has 0 aromatic carbocycles. The van der Waals surface area contributed by atoms with E-state index in [0.29, 0.717) is 14.6 Å². The van der Waals surface area contributed by atoms with Gasteiger partial charge in [0.1, 0.15) is 11.5 Å². The molecular formula is C7H4FIN2. The summed E-state index contributed by atoms with van der Waals surface area (Å²) < 4.78 is 13.7. The lowest BCUT2D eigenvalue weighted by Gasteiger charge is -1.93. The van der Waals surface area contributed by atoms with E-state index in [2.05, 4.69) is 9.97 Å². The predicted octanol–water partition coefficient (Wildman–Crippen LogP) is 2.31. The first kappa shape index (κ1) is 7.02. The average molecular weight is 262 g/mol. The highest BCUT2D eigenvalue weighted by molar-refractivity contribution is 14.1. The van der Waals surface area contributed by atoms with Crippen molar-refractivity contribution in [2.45, 2.75) is 0 Å². The zero-order valence-electron chi connectivity index (χ0n) is 5.44. The summed E-state index contributed by atoms with van der Waals surface area (Å²) in [6.45, 7) is 0. The monoisotopic (exact) mass is 262 g/mol. The fourth-order valence-electron chi connectivity index (χ4n) is 0.951. The van der Waals surface area contributed by atoms with Crippen LogP contribution in [-0.4, -0.2) is 9.97 Å². The van der Waals surface area contributed by atoms with Gasteiger partial charge in [0.25, 0.3) is 0 Å². The van der Waals surface area contributed by atoms with Crippen molar-refractivity contribution in [1.82, 2.24) is 9.97 Å². The first-order valence-corrected chi connectivity index (χ1v) is 4.14. The van der Waals surface area contributed by atoms with Crippen LogP contribution in [0.25, 0.3) is 11.0 Å². The summed E-state index contributed by atoms with van der Waals surface area (Å²) in [4.78, 5) is 6.83. The molecule has 4 heteroatoms. The van der Waals surface area contributed by atoms with Gasteiger partial charge in [-0.1, -0.05) is 0 Å². The lowest BCUT2D eigenvalue weighted by atomic mass is 10.3. The van der Waals surface area contributed by atoms with Crippen LogP contribution in [-0.2, 0) is 0 Å². The predicted molar refractivity (Wildman–Crippen MR) is 48.8 cm³/mol. The number of pyridine rings is 1. The number of hydrogen-bond acceptors (Lipinski definition) is 1. The van der Waals surface area contributed by atoms with Crippen molar-refractivity contribution in [3.8, 4) is 0 Å². The number of rotatable bonds is 0. The molecule has 0 spiro atoms. The summed E-state index contributed by atoms with van der Waals surface area (Å²) in [7, 11) is 0. The van der Waals surface area contributed by atoms with E-state index < -0.39 is 0 Å². The lowest BCUT2D eigenvalue weighted by molar-refractivity contribution is 0.631. The van der Waals surface area contributed by atoms with Gasteiger partial charge in [0, 0.05) is 12.4 Å². The smallest absolute Gasteiger partial charge is 0.149 e. The first-order valence-electron chi connectivity index (χ1n) is 3.06. The molecule has 0 aliphatic heterocycles. The van der Waals surface area contributed by atoms with Crippen molar-refractivity contribution < 1.29 is 4.39 Å². The van der Waals surface area contributed by atoms with E-state index in [1.54, 1.807) is 12.3 Å². The number of nitrogens with zero attached hydrogens (tertiary/aromatic N) is 1. The summed E-state index contributed by atoms with van der Waals surface area (Å²) >= 11 is 1.92. The van der Waals surface area contributed by atoms with Crippen LogP contribution in [0.3, 0.4) is 0 Å². The largest absolute Gasteiger partial charge is 0.346 e. The minimum atomic E-state index is -0.197. The van der Waals surface area contributed by atoms with E-state index >= 15 is 0 Å². The number of H-pyrrole nitrogens is 1. The summed E-state index contributed by atoms with van der Waals surface area (Å²) in [6, 6.07) is 1.68. The van der Waals surface area contributed by atoms with Gasteiger partial charge >= 0.3 is 0 Å². The Bertz CT molecular complexity index is 396. The van der Waals surface area contributed by atoms with Crippen LogP contribution in [0.15, 0.2) is 18.5 Å². The van der Waals surface area contributed by atoms with Crippen LogP contribution in [0.4, 0.5) is 4.39 Å². The Hall–Kier alpha value is -0.650. The molecule has 0 saturated carbocycles.